The van der Waals surface area contributed by atoms with Crippen LogP contribution in [0.4, 0.5) is 5.82 Å². The first-order chi connectivity index (χ1) is 11.0. The lowest BCUT2D eigenvalue weighted by Gasteiger charge is -2.34. The third-order valence-corrected chi connectivity index (χ3v) is 4.37. The summed E-state index contributed by atoms with van der Waals surface area (Å²) >= 11 is 6.00. The van der Waals surface area contributed by atoms with Crippen molar-refractivity contribution in [3.05, 3.63) is 35.1 Å². The lowest BCUT2D eigenvalue weighted by Crippen LogP contribution is -2.45. The molecule has 1 aliphatic heterocycles. The fraction of sp³-hybridized carbons (Fsp3) is 0.471. The van der Waals surface area contributed by atoms with E-state index in [9.17, 15) is 0 Å². The van der Waals surface area contributed by atoms with Gasteiger partial charge in [-0.2, -0.15) is 0 Å². The Kier molecular flexibility index (Phi) is 4.78. The maximum Gasteiger partial charge on any atom is 0.159 e. The highest BCUT2D eigenvalue weighted by atomic mass is 35.5. The summed E-state index contributed by atoms with van der Waals surface area (Å²) in [5, 5.41) is 9.52. The Labute approximate surface area is 142 Å². The molecule has 1 fully saturated rings. The summed E-state index contributed by atoms with van der Waals surface area (Å²) < 4.78 is 0. The second kappa shape index (κ2) is 6.81. The van der Waals surface area contributed by atoms with Crippen LogP contribution >= 0.6 is 11.6 Å². The van der Waals surface area contributed by atoms with Gasteiger partial charge < -0.3 is 9.80 Å². The van der Waals surface area contributed by atoms with Gasteiger partial charge in [-0.1, -0.05) is 37.6 Å². The van der Waals surface area contributed by atoms with Gasteiger partial charge in [0.05, 0.1) is 0 Å². The minimum atomic E-state index is 0.257. The second-order valence-corrected chi connectivity index (χ2v) is 6.73. The Hall–Kier alpha value is -1.72. The van der Waals surface area contributed by atoms with Gasteiger partial charge in [0.15, 0.2) is 11.6 Å². The highest BCUT2D eigenvalue weighted by Gasteiger charge is 2.22. The fourth-order valence-electron chi connectivity index (χ4n) is 2.61. The summed E-state index contributed by atoms with van der Waals surface area (Å²) in [6.45, 7) is 8.14. The maximum absolute atomic E-state index is 6.00. The third kappa shape index (κ3) is 3.62. The van der Waals surface area contributed by atoms with Crippen LogP contribution in [0.5, 0.6) is 0 Å². The molecule has 6 heteroatoms. The van der Waals surface area contributed by atoms with E-state index in [1.807, 2.05) is 24.3 Å². The summed E-state index contributed by atoms with van der Waals surface area (Å²) in [5.74, 6) is 1.98. The molecule has 1 aromatic heterocycles. The second-order valence-electron chi connectivity index (χ2n) is 6.29. The SMILES string of the molecule is CC(C)c1nnc(-c2ccc(Cl)cc2)c(N2CCN(C)CC2)n1. The zero-order valence-corrected chi connectivity index (χ0v) is 14.6. The molecule has 5 nitrogen and oxygen atoms in total. The van der Waals surface area contributed by atoms with E-state index in [-0.39, 0.29) is 5.92 Å². The molecule has 0 N–H and O–H groups in total. The Morgan fingerprint density at radius 2 is 1.65 bits per heavy atom. The zero-order chi connectivity index (χ0) is 16.4. The van der Waals surface area contributed by atoms with Crippen LogP contribution in [0.15, 0.2) is 24.3 Å². The van der Waals surface area contributed by atoms with Crippen LogP contribution in [0.25, 0.3) is 11.3 Å². The summed E-state index contributed by atoms with van der Waals surface area (Å²) in [5.41, 5.74) is 1.83. The predicted molar refractivity (Wildman–Crippen MR) is 94.1 cm³/mol. The number of likely N-dealkylation sites (N-methyl/N-ethyl adjacent to an activating group) is 1. The van der Waals surface area contributed by atoms with Gasteiger partial charge in [-0.15, -0.1) is 10.2 Å². The van der Waals surface area contributed by atoms with Crippen LogP contribution < -0.4 is 4.90 Å². The maximum atomic E-state index is 6.00. The molecule has 0 radical (unpaired) electrons. The number of piperazine rings is 1. The van der Waals surface area contributed by atoms with E-state index < -0.39 is 0 Å². The Morgan fingerprint density at radius 1 is 1.00 bits per heavy atom. The number of hydrogen-bond donors (Lipinski definition) is 0. The molecule has 1 saturated heterocycles. The summed E-state index contributed by atoms with van der Waals surface area (Å²) in [4.78, 5) is 9.46. The van der Waals surface area contributed by atoms with Crippen molar-refractivity contribution >= 4 is 17.4 Å². The normalized spacial score (nSPS) is 16.1. The molecule has 0 spiro atoms. The van der Waals surface area contributed by atoms with E-state index in [1.54, 1.807) is 0 Å². The molecule has 0 bridgehead atoms. The number of aromatic nitrogens is 3. The van der Waals surface area contributed by atoms with Crippen LogP contribution in [-0.4, -0.2) is 53.3 Å². The molecule has 1 aromatic carbocycles. The molecule has 0 atom stereocenters. The van der Waals surface area contributed by atoms with Crippen LogP contribution in [0.3, 0.4) is 0 Å². The van der Waals surface area contributed by atoms with Gasteiger partial charge in [-0.25, -0.2) is 4.98 Å². The molecule has 3 rings (SSSR count). The minimum absolute atomic E-state index is 0.257. The van der Waals surface area contributed by atoms with Crippen molar-refractivity contribution in [1.82, 2.24) is 20.1 Å². The number of hydrogen-bond acceptors (Lipinski definition) is 5. The third-order valence-electron chi connectivity index (χ3n) is 4.12. The number of halogens is 1. The van der Waals surface area contributed by atoms with Crippen molar-refractivity contribution in [2.45, 2.75) is 19.8 Å². The number of rotatable bonds is 3. The average Bonchev–Trinajstić information content (AvgIpc) is 2.56. The first-order valence-electron chi connectivity index (χ1n) is 7.98. The quantitative estimate of drug-likeness (QED) is 0.865. The first-order valence-corrected chi connectivity index (χ1v) is 8.36. The molecule has 122 valence electrons. The van der Waals surface area contributed by atoms with Gasteiger partial charge in [0.2, 0.25) is 0 Å². The van der Waals surface area contributed by atoms with Crippen molar-refractivity contribution in [2.24, 2.45) is 0 Å². The highest BCUT2D eigenvalue weighted by Crippen LogP contribution is 2.29. The number of benzene rings is 1. The van der Waals surface area contributed by atoms with Crippen molar-refractivity contribution in [2.75, 3.05) is 38.1 Å². The predicted octanol–water partition coefficient (Wildman–Crippen LogP) is 3.07. The minimum Gasteiger partial charge on any atom is -0.352 e. The van der Waals surface area contributed by atoms with Crippen molar-refractivity contribution < 1.29 is 0 Å². The smallest absolute Gasteiger partial charge is 0.159 e. The van der Waals surface area contributed by atoms with E-state index in [4.69, 9.17) is 16.6 Å². The molecule has 0 saturated carbocycles. The summed E-state index contributed by atoms with van der Waals surface area (Å²) in [7, 11) is 2.15. The van der Waals surface area contributed by atoms with Gasteiger partial charge >= 0.3 is 0 Å². The molecule has 0 amide bonds. The van der Waals surface area contributed by atoms with E-state index >= 15 is 0 Å². The lowest BCUT2D eigenvalue weighted by atomic mass is 10.1. The van der Waals surface area contributed by atoms with Crippen molar-refractivity contribution in [3.8, 4) is 11.3 Å². The molecule has 0 aliphatic carbocycles. The Morgan fingerprint density at radius 3 is 2.26 bits per heavy atom. The molecule has 2 aromatic rings. The Bertz CT molecular complexity index is 663. The van der Waals surface area contributed by atoms with Gasteiger partial charge in [-0.05, 0) is 19.2 Å². The van der Waals surface area contributed by atoms with Crippen LogP contribution in [-0.2, 0) is 0 Å². The molecule has 23 heavy (non-hydrogen) atoms. The topological polar surface area (TPSA) is 45.2 Å². The van der Waals surface area contributed by atoms with Crippen LogP contribution in [0, 0.1) is 0 Å². The van der Waals surface area contributed by atoms with E-state index in [0.29, 0.717) is 0 Å². The van der Waals surface area contributed by atoms with Gasteiger partial charge in [0.25, 0.3) is 0 Å². The molecule has 2 heterocycles. The van der Waals surface area contributed by atoms with Gasteiger partial charge in [0.1, 0.15) is 5.69 Å². The fourth-order valence-corrected chi connectivity index (χ4v) is 2.73. The Balaban J connectivity index is 2.02. The van der Waals surface area contributed by atoms with E-state index in [1.165, 1.54) is 0 Å². The monoisotopic (exact) mass is 331 g/mol. The molecular weight excluding hydrogens is 310 g/mol. The molecule has 1 aliphatic rings. The zero-order valence-electron chi connectivity index (χ0n) is 13.8. The van der Waals surface area contributed by atoms with Crippen LogP contribution in [0.1, 0.15) is 25.6 Å². The van der Waals surface area contributed by atoms with Crippen molar-refractivity contribution in [3.63, 3.8) is 0 Å². The standard InChI is InChI=1S/C17H22ClN5/c1-12(2)16-19-17(23-10-8-22(3)9-11-23)15(20-21-16)13-4-6-14(18)7-5-13/h4-7,12H,8-11H2,1-3H3. The van der Waals surface area contributed by atoms with Crippen LogP contribution in [0.2, 0.25) is 5.02 Å². The lowest BCUT2D eigenvalue weighted by molar-refractivity contribution is 0.312. The molecule has 0 unspecified atom stereocenters. The van der Waals surface area contributed by atoms with Crippen molar-refractivity contribution in [1.29, 1.82) is 0 Å². The summed E-state index contributed by atoms with van der Waals surface area (Å²) in [6.07, 6.45) is 0. The average molecular weight is 332 g/mol. The van der Waals surface area contributed by atoms with Gasteiger partial charge in [-0.3, -0.25) is 0 Å². The van der Waals surface area contributed by atoms with E-state index in [2.05, 4.69) is 40.9 Å². The summed E-state index contributed by atoms with van der Waals surface area (Å²) in [6, 6.07) is 7.71. The molecular formula is C17H22ClN5. The van der Waals surface area contributed by atoms with E-state index in [0.717, 1.165) is 54.1 Å². The first kappa shape index (κ1) is 16.1. The highest BCUT2D eigenvalue weighted by molar-refractivity contribution is 6.30. The number of anilines is 1. The van der Waals surface area contributed by atoms with Gasteiger partial charge in [0, 0.05) is 42.7 Å². The number of nitrogens with zero attached hydrogens (tertiary/aromatic N) is 5. The largest absolute Gasteiger partial charge is 0.352 e.